The molecule has 0 aliphatic carbocycles. The van der Waals surface area contributed by atoms with E-state index in [-0.39, 0.29) is 6.92 Å². The quantitative estimate of drug-likeness (QED) is 0.125. The Balaban J connectivity index is 1.05. The predicted molar refractivity (Wildman–Crippen MR) is 247 cm³/mol. The molecule has 0 atom stereocenters. The number of hydrogen-bond acceptors (Lipinski definition) is 2. The first-order chi connectivity index (χ1) is 29.3. The molecule has 3 heterocycles. The van der Waals surface area contributed by atoms with E-state index in [2.05, 4.69) is 223 Å². The maximum Gasteiger partial charge on any atom is 0.434 e. The van der Waals surface area contributed by atoms with Gasteiger partial charge in [-0.05, 0) is 79.9 Å². The fourth-order valence-corrected chi connectivity index (χ4v) is 14.6. The van der Waals surface area contributed by atoms with E-state index in [4.69, 9.17) is 9.39 Å². The minimum Gasteiger partial charge on any atom is -0.551 e. The zero-order valence-corrected chi connectivity index (χ0v) is 33.1. The highest BCUT2D eigenvalue weighted by Crippen LogP contribution is 2.40. The van der Waals surface area contributed by atoms with Crippen molar-refractivity contribution in [1.82, 2.24) is 4.57 Å². The maximum absolute atomic E-state index is 7.20. The third kappa shape index (κ3) is 5.15. The highest BCUT2D eigenvalue weighted by Gasteiger charge is 2.46. The molecule has 12 rings (SSSR count). The van der Waals surface area contributed by atoms with Crippen LogP contribution in [0.4, 0.5) is 0 Å². The third-order valence-corrected chi connectivity index (χ3v) is 17.2. The first-order valence-electron chi connectivity index (χ1n) is 20.3. The molecule has 0 bridgehead atoms. The summed E-state index contributed by atoms with van der Waals surface area (Å²) in [6.07, 6.45) is 0. The van der Waals surface area contributed by atoms with Crippen molar-refractivity contribution in [3.8, 4) is 45.2 Å². The summed E-state index contributed by atoms with van der Waals surface area (Å²) in [5.41, 5.74) is 10.1. The number of aromatic nitrogens is 1. The lowest BCUT2D eigenvalue weighted by atomic mass is 9.51. The average molecular weight is 770 g/mol. The smallest absolute Gasteiger partial charge is 0.434 e. The lowest BCUT2D eigenvalue weighted by molar-refractivity contribution is 0.480. The molecule has 10 aromatic rings. The van der Waals surface area contributed by atoms with Gasteiger partial charge in [-0.1, -0.05) is 176 Å². The molecule has 0 spiro atoms. The lowest BCUT2D eigenvalue weighted by Crippen LogP contribution is -2.75. The van der Waals surface area contributed by atoms with Crippen molar-refractivity contribution in [2.45, 2.75) is 0 Å². The second kappa shape index (κ2) is 13.4. The van der Waals surface area contributed by atoms with Gasteiger partial charge >= 0.3 is 6.92 Å². The third-order valence-electron chi connectivity index (χ3n) is 12.4. The van der Waals surface area contributed by atoms with E-state index in [0.29, 0.717) is 0 Å². The van der Waals surface area contributed by atoms with Gasteiger partial charge in [0.15, 0.2) is 8.07 Å². The summed E-state index contributed by atoms with van der Waals surface area (Å²) in [7, 11) is -2.88. The van der Waals surface area contributed by atoms with Gasteiger partial charge in [0, 0.05) is 32.9 Å². The van der Waals surface area contributed by atoms with Crippen molar-refractivity contribution in [2.24, 2.45) is 0 Å². The molecule has 1 aromatic heterocycles. The van der Waals surface area contributed by atoms with Crippen molar-refractivity contribution >= 4 is 68.5 Å². The Hall–Kier alpha value is -7.34. The number of benzene rings is 9. The van der Waals surface area contributed by atoms with E-state index in [0.717, 1.165) is 56.1 Å². The molecular weight excluding hydrogens is 733 g/mol. The fraction of sp³-hybridized carbons (Fsp3) is 0. The van der Waals surface area contributed by atoms with Crippen LogP contribution in [0.25, 0.3) is 49.7 Å². The van der Waals surface area contributed by atoms with Crippen LogP contribution in [0.3, 0.4) is 0 Å². The van der Waals surface area contributed by atoms with Crippen LogP contribution < -0.4 is 41.1 Å². The Bertz CT molecular complexity index is 3090. The summed E-state index contributed by atoms with van der Waals surface area (Å²) in [5.74, 6) is 2.55. The van der Waals surface area contributed by atoms with Crippen LogP contribution in [-0.4, -0.2) is 19.6 Å². The van der Waals surface area contributed by atoms with Gasteiger partial charge in [-0.2, -0.15) is 0 Å². The molecule has 2 aliphatic heterocycles. The van der Waals surface area contributed by atoms with Gasteiger partial charge in [-0.25, -0.2) is 0 Å². The molecule has 0 N–H and O–H groups in total. The van der Waals surface area contributed by atoms with Crippen LogP contribution in [0.2, 0.25) is 0 Å². The molecule has 0 unspecified atom stereocenters. The molecule has 0 fully saturated rings. The van der Waals surface area contributed by atoms with E-state index in [1.807, 2.05) is 0 Å². The summed E-state index contributed by atoms with van der Waals surface area (Å²) in [6.45, 7) is -0.313. The van der Waals surface area contributed by atoms with Gasteiger partial charge in [0.05, 0.1) is 11.0 Å². The zero-order chi connectivity index (χ0) is 38.9. The number of nitrogens with zero attached hydrogens (tertiary/aromatic N) is 1. The average Bonchev–Trinajstić information content (AvgIpc) is 3.65. The van der Waals surface area contributed by atoms with Crippen LogP contribution in [-0.2, 0) is 0 Å². The van der Waals surface area contributed by atoms with Crippen LogP contribution in [0.1, 0.15) is 0 Å². The molecule has 3 nitrogen and oxygen atoms in total. The molecular formula is C54H36BNO2Si. The van der Waals surface area contributed by atoms with Crippen molar-refractivity contribution in [3.05, 3.63) is 218 Å². The summed E-state index contributed by atoms with van der Waals surface area (Å²) in [4.78, 5) is 0. The first-order valence-corrected chi connectivity index (χ1v) is 22.3. The largest absolute Gasteiger partial charge is 0.551 e. The Morgan fingerprint density at radius 3 is 1.63 bits per heavy atom. The van der Waals surface area contributed by atoms with Crippen LogP contribution in [0, 0.1) is 0 Å². The Morgan fingerprint density at radius 1 is 0.390 bits per heavy atom. The molecule has 2 aliphatic rings. The molecule has 276 valence electrons. The molecule has 0 radical (unpaired) electrons. The Morgan fingerprint density at radius 2 is 0.966 bits per heavy atom. The topological polar surface area (TPSA) is 23.4 Å². The highest BCUT2D eigenvalue weighted by atomic mass is 28.3. The molecule has 0 saturated carbocycles. The summed E-state index contributed by atoms with van der Waals surface area (Å²) in [5, 5.41) is 7.74. The van der Waals surface area contributed by atoms with Crippen LogP contribution in [0.5, 0.6) is 17.2 Å². The van der Waals surface area contributed by atoms with E-state index in [1.54, 1.807) is 0 Å². The van der Waals surface area contributed by atoms with Crippen molar-refractivity contribution in [2.75, 3.05) is 0 Å². The second-order valence-electron chi connectivity index (χ2n) is 15.6. The first kappa shape index (κ1) is 33.8. The zero-order valence-electron chi connectivity index (χ0n) is 32.1. The number of fused-ring (bicyclic) bond motifs is 7. The molecule has 5 heteroatoms. The number of ether oxygens (including phenoxy) is 1. The predicted octanol–water partition coefficient (Wildman–Crippen LogP) is 9.10. The summed E-state index contributed by atoms with van der Waals surface area (Å²) >= 11 is 0. The van der Waals surface area contributed by atoms with E-state index < -0.39 is 8.07 Å². The molecule has 9 aromatic carbocycles. The standard InChI is InChI=1S/C54H36BNO2Si/c1-4-19-40(20-5-1)59(41-21-6-2-7-22-41,42-23-8-3-9-24-42)43-35-47-46-27-12-15-30-51(46)58-55-48-32-31-38(34-52(48)57-53(36-43)54(47)55)37-17-16-18-39(33-37)56-49-28-13-10-25-44(49)45-26-11-14-29-50(45)56/h1-36H. The van der Waals surface area contributed by atoms with Crippen LogP contribution >= 0.6 is 0 Å². The van der Waals surface area contributed by atoms with Gasteiger partial charge in [-0.15, -0.1) is 0 Å². The number of hydrogen-bond donors (Lipinski definition) is 0. The SMILES string of the molecule is c1ccc([Si](c2ccccc2)(c2ccccc2)c2cc3c4c(c2)-c2ccccc2OB4c2ccc(-c4cccc(-n5c6ccccc6c6ccccc65)c4)cc2O3)cc1. The Kier molecular flexibility index (Phi) is 7.65. The van der Waals surface area contributed by atoms with E-state index >= 15 is 0 Å². The van der Waals surface area contributed by atoms with Gasteiger partial charge in [-0.3, -0.25) is 0 Å². The normalized spacial score (nSPS) is 12.6. The summed E-state index contributed by atoms with van der Waals surface area (Å²) < 4.78 is 16.5. The van der Waals surface area contributed by atoms with Gasteiger partial charge in [0.2, 0.25) is 0 Å². The second-order valence-corrected chi connectivity index (χ2v) is 19.4. The van der Waals surface area contributed by atoms with E-state index in [9.17, 15) is 0 Å². The van der Waals surface area contributed by atoms with Crippen molar-refractivity contribution in [1.29, 1.82) is 0 Å². The van der Waals surface area contributed by atoms with Gasteiger partial charge < -0.3 is 14.0 Å². The minimum atomic E-state index is -2.88. The fourth-order valence-electron chi connectivity index (χ4n) is 9.84. The highest BCUT2D eigenvalue weighted by molar-refractivity contribution is 7.20. The number of rotatable bonds is 6. The van der Waals surface area contributed by atoms with Crippen LogP contribution in [0.15, 0.2) is 218 Å². The molecule has 59 heavy (non-hydrogen) atoms. The minimum absolute atomic E-state index is 0.313. The molecule has 0 amide bonds. The van der Waals surface area contributed by atoms with Crippen molar-refractivity contribution in [3.63, 3.8) is 0 Å². The Labute approximate surface area is 344 Å². The lowest BCUT2D eigenvalue weighted by Gasteiger charge is -2.38. The van der Waals surface area contributed by atoms with E-state index in [1.165, 1.54) is 42.6 Å². The number of para-hydroxylation sites is 3. The monoisotopic (exact) mass is 769 g/mol. The van der Waals surface area contributed by atoms with Gasteiger partial charge in [0.25, 0.3) is 0 Å². The molecule has 0 saturated heterocycles. The summed E-state index contributed by atoms with van der Waals surface area (Å²) in [6, 6.07) is 79.3. The van der Waals surface area contributed by atoms with Gasteiger partial charge in [0.1, 0.15) is 17.2 Å². The van der Waals surface area contributed by atoms with Crippen molar-refractivity contribution < 1.29 is 9.39 Å². The maximum atomic E-state index is 7.20.